The van der Waals surface area contributed by atoms with Crippen molar-refractivity contribution in [2.45, 2.75) is 68.3 Å². The highest BCUT2D eigenvalue weighted by atomic mass is 19.4. The zero-order chi connectivity index (χ0) is 36.8. The summed E-state index contributed by atoms with van der Waals surface area (Å²) in [6.07, 6.45) is -14.0. The number of hydrogen-bond acceptors (Lipinski definition) is 5. The Morgan fingerprint density at radius 2 is 1.40 bits per heavy atom. The van der Waals surface area contributed by atoms with E-state index in [2.05, 4.69) is 20.8 Å². The van der Waals surface area contributed by atoms with Gasteiger partial charge < -0.3 is 15.1 Å². The third-order valence-corrected chi connectivity index (χ3v) is 9.04. The second-order valence-corrected chi connectivity index (χ2v) is 12.2. The number of amides is 4. The van der Waals surface area contributed by atoms with Gasteiger partial charge >= 0.3 is 30.6 Å². The van der Waals surface area contributed by atoms with Crippen molar-refractivity contribution in [3.8, 4) is 0 Å². The van der Waals surface area contributed by atoms with Crippen LogP contribution in [0, 0.1) is 5.82 Å². The van der Waals surface area contributed by atoms with Gasteiger partial charge in [-0.25, -0.2) is 18.7 Å². The number of halogens is 10. The van der Waals surface area contributed by atoms with E-state index in [0.29, 0.717) is 35.4 Å². The summed E-state index contributed by atoms with van der Waals surface area (Å²) in [4.78, 5) is 30.2. The van der Waals surface area contributed by atoms with Gasteiger partial charge in [0.2, 0.25) is 0 Å². The topological polar surface area (TPSA) is 99.5 Å². The molecule has 4 amide bonds. The molecule has 50 heavy (non-hydrogen) atoms. The number of carbonyl (C=O) groups excluding carboxylic acids is 2. The molecule has 1 aliphatic heterocycles. The molecule has 0 unspecified atom stereocenters. The number of carbonyl (C=O) groups is 2. The van der Waals surface area contributed by atoms with Gasteiger partial charge in [-0.1, -0.05) is 12.1 Å². The van der Waals surface area contributed by atoms with Gasteiger partial charge in [0.1, 0.15) is 5.82 Å². The van der Waals surface area contributed by atoms with Gasteiger partial charge in [-0.2, -0.15) is 39.5 Å². The van der Waals surface area contributed by atoms with Crippen LogP contribution in [0.15, 0.2) is 42.5 Å². The highest BCUT2D eigenvalue weighted by molar-refractivity contribution is 5.92. The van der Waals surface area contributed by atoms with E-state index < -0.39 is 83.1 Å². The van der Waals surface area contributed by atoms with Crippen molar-refractivity contribution in [1.82, 2.24) is 35.3 Å². The smallest absolute Gasteiger partial charge is 0.335 e. The predicted octanol–water partition coefficient (Wildman–Crippen LogP) is 6.72. The summed E-state index contributed by atoms with van der Waals surface area (Å²) >= 11 is 0. The second kappa shape index (κ2) is 13.6. The van der Waals surface area contributed by atoms with Crippen molar-refractivity contribution < 1.29 is 53.5 Å². The number of likely N-dealkylation sites (N-methyl/N-ethyl adjacent to an activating group) is 1. The highest BCUT2D eigenvalue weighted by Gasteiger charge is 2.44. The lowest BCUT2D eigenvalue weighted by Gasteiger charge is -2.33. The molecule has 1 N–H and O–H groups in total. The SMILES string of the molecule is CN(C(=O)N(C)[C@@H]1CN(C(=O)N[C@H]2CC[C@H](n3nnnc3C(F)(F)F)CC2)C[C@H]1c1ccc(F)cc1)c1cc(C(F)(F)F)cc(C(F)(F)F)c1. The summed E-state index contributed by atoms with van der Waals surface area (Å²) in [5.74, 6) is -2.43. The van der Waals surface area contributed by atoms with E-state index in [4.69, 9.17) is 0 Å². The molecule has 2 aliphatic rings. The van der Waals surface area contributed by atoms with Gasteiger partial charge in [0, 0.05) is 44.8 Å². The van der Waals surface area contributed by atoms with Gasteiger partial charge in [-0.15, -0.1) is 5.10 Å². The Bertz CT molecular complexity index is 1650. The molecule has 2 heterocycles. The van der Waals surface area contributed by atoms with Crippen LogP contribution in [0.5, 0.6) is 0 Å². The van der Waals surface area contributed by atoms with Crippen LogP contribution in [-0.2, 0) is 18.5 Å². The lowest BCUT2D eigenvalue weighted by Crippen LogP contribution is -2.49. The molecule has 2 fully saturated rings. The molecule has 0 spiro atoms. The van der Waals surface area contributed by atoms with Crippen LogP contribution in [0.25, 0.3) is 0 Å². The Morgan fingerprint density at radius 3 is 1.94 bits per heavy atom. The molecule has 1 saturated carbocycles. The quantitative estimate of drug-likeness (QED) is 0.295. The summed E-state index contributed by atoms with van der Waals surface area (Å²) in [5, 5.41) is 12.5. The Morgan fingerprint density at radius 1 is 0.820 bits per heavy atom. The van der Waals surface area contributed by atoms with Crippen LogP contribution in [0.2, 0.25) is 0 Å². The molecule has 20 heteroatoms. The molecular weight excluding hydrogens is 694 g/mol. The lowest BCUT2D eigenvalue weighted by atomic mass is 9.91. The van der Waals surface area contributed by atoms with E-state index in [1.807, 2.05) is 0 Å². The van der Waals surface area contributed by atoms with Crippen molar-refractivity contribution in [2.24, 2.45) is 0 Å². The number of likely N-dealkylation sites (tertiary alicyclic amines) is 1. The third kappa shape index (κ3) is 7.88. The Kier molecular flexibility index (Phi) is 9.95. The van der Waals surface area contributed by atoms with E-state index in [0.717, 1.165) is 28.8 Å². The number of tetrazole rings is 1. The first kappa shape index (κ1) is 36.6. The van der Waals surface area contributed by atoms with Crippen molar-refractivity contribution in [3.05, 3.63) is 70.8 Å². The largest absolute Gasteiger partial charge is 0.453 e. The number of alkyl halides is 9. The summed E-state index contributed by atoms with van der Waals surface area (Å²) in [6.45, 7) is -0.116. The van der Waals surface area contributed by atoms with Crippen LogP contribution < -0.4 is 10.2 Å². The lowest BCUT2D eigenvalue weighted by molar-refractivity contribution is -0.149. The summed E-state index contributed by atoms with van der Waals surface area (Å²) < 4.78 is 135. The molecule has 10 nitrogen and oxygen atoms in total. The number of urea groups is 2. The van der Waals surface area contributed by atoms with Crippen LogP contribution in [0.3, 0.4) is 0 Å². The van der Waals surface area contributed by atoms with Gasteiger partial charge in [0.05, 0.1) is 23.2 Å². The first-order chi connectivity index (χ1) is 23.2. The molecule has 5 rings (SSSR count). The Balaban J connectivity index is 1.32. The molecule has 0 bridgehead atoms. The fraction of sp³-hybridized carbons (Fsp3) is 0.500. The number of nitrogens with zero attached hydrogens (tertiary/aromatic N) is 7. The van der Waals surface area contributed by atoms with Crippen LogP contribution in [0.1, 0.15) is 60.2 Å². The van der Waals surface area contributed by atoms with Gasteiger partial charge in [0.25, 0.3) is 5.82 Å². The third-order valence-electron chi connectivity index (χ3n) is 9.04. The minimum Gasteiger partial charge on any atom is -0.335 e. The molecule has 1 aromatic heterocycles. The maximum atomic E-state index is 13.8. The standard InChI is InChI=1S/C30H30F10N8O2/c1-45(22-12-17(28(32,33)34)11-18(13-22)29(35,36)37)27(50)46(2)24-15-47(14-23(24)16-3-5-19(31)6-4-16)26(49)41-20-7-9-21(10-8-20)48-25(30(38,39)40)42-43-44-48/h3-6,11-13,20-21,23-24H,7-10,14-15H2,1-2H3,(H,41,49)/t20-,21-,23-,24+/m0/s1. The van der Waals surface area contributed by atoms with Crippen LogP contribution in [-0.4, -0.2) is 81.3 Å². The number of nitrogens with one attached hydrogen (secondary N) is 1. The molecule has 2 atom stereocenters. The fourth-order valence-electron chi connectivity index (χ4n) is 6.36. The first-order valence-electron chi connectivity index (χ1n) is 15.2. The minimum atomic E-state index is -5.14. The monoisotopic (exact) mass is 724 g/mol. The highest BCUT2D eigenvalue weighted by Crippen LogP contribution is 2.39. The van der Waals surface area contributed by atoms with E-state index in [9.17, 15) is 53.5 Å². The Hall–Kier alpha value is -4.65. The minimum absolute atomic E-state index is 0.000160. The van der Waals surface area contributed by atoms with Crippen LogP contribution in [0.4, 0.5) is 59.2 Å². The molecule has 1 saturated heterocycles. The van der Waals surface area contributed by atoms with Gasteiger partial charge in [-0.3, -0.25) is 4.90 Å². The Labute approximate surface area is 278 Å². The maximum absolute atomic E-state index is 13.8. The average Bonchev–Trinajstić information content (AvgIpc) is 3.72. The van der Waals surface area contributed by atoms with E-state index in [-0.39, 0.29) is 32.0 Å². The normalized spacial score (nSPS) is 21.6. The van der Waals surface area contributed by atoms with Gasteiger partial charge in [0.15, 0.2) is 0 Å². The maximum Gasteiger partial charge on any atom is 0.453 e. The van der Waals surface area contributed by atoms with E-state index in [1.54, 1.807) is 0 Å². The number of rotatable bonds is 5. The van der Waals surface area contributed by atoms with Crippen molar-refractivity contribution in [3.63, 3.8) is 0 Å². The summed E-state index contributed by atoms with van der Waals surface area (Å²) in [7, 11) is 2.30. The number of benzene rings is 2. The zero-order valence-electron chi connectivity index (χ0n) is 26.3. The van der Waals surface area contributed by atoms with Crippen molar-refractivity contribution >= 4 is 17.7 Å². The molecule has 272 valence electrons. The molecule has 3 aromatic rings. The molecule has 1 aliphatic carbocycles. The molecular formula is C30H30F10N8O2. The number of hydrogen-bond donors (Lipinski definition) is 1. The summed E-state index contributed by atoms with van der Waals surface area (Å²) in [5.41, 5.74) is -3.37. The van der Waals surface area contributed by atoms with E-state index in [1.165, 1.54) is 24.1 Å². The molecule has 2 aromatic carbocycles. The first-order valence-corrected chi connectivity index (χ1v) is 15.2. The average molecular weight is 725 g/mol. The second-order valence-electron chi connectivity index (χ2n) is 12.2. The zero-order valence-corrected chi connectivity index (χ0v) is 26.3. The predicted molar refractivity (Wildman–Crippen MR) is 155 cm³/mol. The van der Waals surface area contributed by atoms with E-state index >= 15 is 0 Å². The van der Waals surface area contributed by atoms with Crippen molar-refractivity contribution in [1.29, 1.82) is 0 Å². The number of anilines is 1. The summed E-state index contributed by atoms with van der Waals surface area (Å²) in [6, 6.07) is 2.52. The van der Waals surface area contributed by atoms with Crippen LogP contribution >= 0.6 is 0 Å². The fourth-order valence-corrected chi connectivity index (χ4v) is 6.36. The van der Waals surface area contributed by atoms with Crippen molar-refractivity contribution in [2.75, 3.05) is 32.1 Å². The molecule has 0 radical (unpaired) electrons. The number of aromatic nitrogens is 4. The van der Waals surface area contributed by atoms with Gasteiger partial charge in [-0.05, 0) is 72.0 Å².